The first-order valence-electron chi connectivity index (χ1n) is 5.18. The fourth-order valence-electron chi connectivity index (χ4n) is 2.64. The van der Waals surface area contributed by atoms with Gasteiger partial charge in [0.1, 0.15) is 5.78 Å². The standard InChI is InChI=1S/C12H13NO/c14-10-6-9-5-8-3-1-2-4-11(8)12(7-10)13-9/h1-4,9,12-13H,5-7H2. The molecule has 2 atom stereocenters. The summed E-state index contributed by atoms with van der Waals surface area (Å²) in [7, 11) is 0. The van der Waals surface area contributed by atoms with E-state index < -0.39 is 0 Å². The fraction of sp³-hybridized carbons (Fsp3) is 0.417. The summed E-state index contributed by atoms with van der Waals surface area (Å²) in [6, 6.07) is 9.14. The van der Waals surface area contributed by atoms with E-state index in [1.165, 1.54) is 11.1 Å². The second-order valence-electron chi connectivity index (χ2n) is 4.27. The van der Waals surface area contributed by atoms with Crippen LogP contribution in [0.15, 0.2) is 24.3 Å². The maximum Gasteiger partial charge on any atom is 0.136 e. The highest BCUT2D eigenvalue weighted by molar-refractivity contribution is 5.81. The first kappa shape index (κ1) is 8.18. The number of piperidine rings is 1. The van der Waals surface area contributed by atoms with Gasteiger partial charge in [-0.05, 0) is 17.5 Å². The SMILES string of the molecule is O=C1CC2Cc3ccccc3C(C1)N2. The number of Topliss-reactive ketones (excluding diaryl/α,β-unsaturated/α-hetero) is 1. The Morgan fingerprint density at radius 1 is 1.14 bits per heavy atom. The van der Waals surface area contributed by atoms with Gasteiger partial charge in [0.25, 0.3) is 0 Å². The van der Waals surface area contributed by atoms with Crippen molar-refractivity contribution in [1.29, 1.82) is 0 Å². The lowest BCUT2D eigenvalue weighted by Crippen LogP contribution is -2.45. The third-order valence-electron chi connectivity index (χ3n) is 3.24. The Labute approximate surface area is 83.3 Å². The average Bonchev–Trinajstić information content (AvgIpc) is 2.17. The fourth-order valence-corrected chi connectivity index (χ4v) is 2.64. The largest absolute Gasteiger partial charge is 0.306 e. The second-order valence-corrected chi connectivity index (χ2v) is 4.27. The molecule has 1 saturated heterocycles. The van der Waals surface area contributed by atoms with Crippen molar-refractivity contribution in [2.45, 2.75) is 31.3 Å². The Morgan fingerprint density at radius 3 is 2.93 bits per heavy atom. The highest BCUT2D eigenvalue weighted by Gasteiger charge is 2.32. The maximum absolute atomic E-state index is 11.4. The van der Waals surface area contributed by atoms with Gasteiger partial charge in [0.15, 0.2) is 0 Å². The molecule has 72 valence electrons. The molecule has 2 aliphatic rings. The molecule has 2 heterocycles. The van der Waals surface area contributed by atoms with Crippen LogP contribution in [0.2, 0.25) is 0 Å². The Balaban J connectivity index is 2.05. The zero-order chi connectivity index (χ0) is 9.54. The Kier molecular flexibility index (Phi) is 1.71. The van der Waals surface area contributed by atoms with Gasteiger partial charge in [-0.25, -0.2) is 0 Å². The maximum atomic E-state index is 11.4. The van der Waals surface area contributed by atoms with Gasteiger partial charge in [-0.2, -0.15) is 0 Å². The third-order valence-corrected chi connectivity index (χ3v) is 3.24. The van der Waals surface area contributed by atoms with Gasteiger partial charge in [0, 0.05) is 24.9 Å². The van der Waals surface area contributed by atoms with Crippen LogP contribution >= 0.6 is 0 Å². The Morgan fingerprint density at radius 2 is 2.00 bits per heavy atom. The van der Waals surface area contributed by atoms with Crippen LogP contribution in [-0.4, -0.2) is 11.8 Å². The number of hydrogen-bond acceptors (Lipinski definition) is 2. The molecule has 2 heteroatoms. The van der Waals surface area contributed by atoms with Crippen molar-refractivity contribution >= 4 is 5.78 Å². The van der Waals surface area contributed by atoms with Crippen LogP contribution in [0.3, 0.4) is 0 Å². The van der Waals surface area contributed by atoms with E-state index in [1.54, 1.807) is 0 Å². The van der Waals surface area contributed by atoms with Gasteiger partial charge in [0.2, 0.25) is 0 Å². The molecule has 0 aromatic heterocycles. The van der Waals surface area contributed by atoms with Gasteiger partial charge in [-0.3, -0.25) is 4.79 Å². The average molecular weight is 187 g/mol. The second kappa shape index (κ2) is 2.92. The van der Waals surface area contributed by atoms with E-state index in [4.69, 9.17) is 0 Å². The van der Waals surface area contributed by atoms with E-state index in [0.717, 1.165) is 6.42 Å². The topological polar surface area (TPSA) is 29.1 Å². The highest BCUT2D eigenvalue weighted by atomic mass is 16.1. The molecule has 0 spiro atoms. The lowest BCUT2D eigenvalue weighted by atomic mass is 9.81. The number of nitrogens with one attached hydrogen (secondary N) is 1. The summed E-state index contributed by atoms with van der Waals surface area (Å²) in [5, 5.41) is 3.52. The van der Waals surface area contributed by atoms with Crippen LogP contribution < -0.4 is 5.32 Å². The number of benzene rings is 1. The quantitative estimate of drug-likeness (QED) is 0.668. The smallest absolute Gasteiger partial charge is 0.136 e. The van der Waals surface area contributed by atoms with Crippen LogP contribution in [0.4, 0.5) is 0 Å². The van der Waals surface area contributed by atoms with Crippen molar-refractivity contribution in [2.75, 3.05) is 0 Å². The molecule has 0 aliphatic carbocycles. The van der Waals surface area contributed by atoms with Gasteiger partial charge in [0.05, 0.1) is 0 Å². The molecule has 2 aliphatic heterocycles. The molecule has 1 aromatic carbocycles. The molecule has 2 unspecified atom stereocenters. The first-order valence-corrected chi connectivity index (χ1v) is 5.18. The predicted molar refractivity (Wildman–Crippen MR) is 54.1 cm³/mol. The molecular formula is C12H13NO. The van der Waals surface area contributed by atoms with Crippen molar-refractivity contribution in [2.24, 2.45) is 0 Å². The molecule has 1 fully saturated rings. The van der Waals surface area contributed by atoms with E-state index in [1.807, 2.05) is 0 Å². The van der Waals surface area contributed by atoms with Gasteiger partial charge in [-0.1, -0.05) is 24.3 Å². The number of carbonyl (C=O) groups is 1. The first-order chi connectivity index (χ1) is 6.83. The van der Waals surface area contributed by atoms with Crippen LogP contribution in [0.25, 0.3) is 0 Å². The van der Waals surface area contributed by atoms with Gasteiger partial charge >= 0.3 is 0 Å². The minimum Gasteiger partial charge on any atom is -0.306 e. The molecule has 1 N–H and O–H groups in total. The lowest BCUT2D eigenvalue weighted by molar-refractivity contribution is -0.121. The van der Waals surface area contributed by atoms with Gasteiger partial charge < -0.3 is 5.32 Å². The van der Waals surface area contributed by atoms with Crippen molar-refractivity contribution in [1.82, 2.24) is 5.32 Å². The van der Waals surface area contributed by atoms with E-state index in [2.05, 4.69) is 29.6 Å². The van der Waals surface area contributed by atoms with Crippen LogP contribution in [0, 0.1) is 0 Å². The number of hydrogen-bond donors (Lipinski definition) is 1. The van der Waals surface area contributed by atoms with Crippen molar-refractivity contribution in [3.05, 3.63) is 35.4 Å². The summed E-state index contributed by atoms with van der Waals surface area (Å²) in [6.45, 7) is 0. The van der Waals surface area contributed by atoms with Crippen molar-refractivity contribution < 1.29 is 4.79 Å². The highest BCUT2D eigenvalue weighted by Crippen LogP contribution is 2.32. The number of ketones is 1. The number of carbonyl (C=O) groups excluding carboxylic acids is 1. The molecule has 2 nitrogen and oxygen atoms in total. The van der Waals surface area contributed by atoms with E-state index in [0.29, 0.717) is 24.7 Å². The summed E-state index contributed by atoms with van der Waals surface area (Å²) in [5.41, 5.74) is 2.76. The van der Waals surface area contributed by atoms with E-state index in [9.17, 15) is 4.79 Å². The zero-order valence-electron chi connectivity index (χ0n) is 7.99. The zero-order valence-corrected chi connectivity index (χ0v) is 7.99. The van der Waals surface area contributed by atoms with Gasteiger partial charge in [-0.15, -0.1) is 0 Å². The lowest BCUT2D eigenvalue weighted by Gasteiger charge is -2.36. The minimum atomic E-state index is 0.284. The summed E-state index contributed by atoms with van der Waals surface area (Å²) < 4.78 is 0. The van der Waals surface area contributed by atoms with Crippen molar-refractivity contribution in [3.8, 4) is 0 Å². The molecule has 3 rings (SSSR count). The summed E-state index contributed by atoms with van der Waals surface area (Å²) in [6.07, 6.45) is 2.40. The predicted octanol–water partition coefficient (Wildman–Crippen LogP) is 1.60. The summed E-state index contributed by atoms with van der Waals surface area (Å²) >= 11 is 0. The minimum absolute atomic E-state index is 0.284. The molecule has 0 amide bonds. The molecule has 14 heavy (non-hydrogen) atoms. The third kappa shape index (κ3) is 1.18. The molecule has 1 aromatic rings. The van der Waals surface area contributed by atoms with Crippen LogP contribution in [0.1, 0.15) is 30.0 Å². The normalized spacial score (nSPS) is 29.9. The molecule has 0 radical (unpaired) electrons. The van der Waals surface area contributed by atoms with Crippen molar-refractivity contribution in [3.63, 3.8) is 0 Å². The Hall–Kier alpha value is -1.15. The summed E-state index contributed by atoms with van der Waals surface area (Å²) in [4.78, 5) is 11.4. The molecule has 2 bridgehead atoms. The monoisotopic (exact) mass is 187 g/mol. The van der Waals surface area contributed by atoms with E-state index in [-0.39, 0.29) is 6.04 Å². The molecular weight excluding hydrogens is 174 g/mol. The van der Waals surface area contributed by atoms with E-state index >= 15 is 0 Å². The molecule has 0 saturated carbocycles. The Bertz CT molecular complexity index is 386. The van der Waals surface area contributed by atoms with Crippen LogP contribution in [-0.2, 0) is 11.2 Å². The number of rotatable bonds is 0. The van der Waals surface area contributed by atoms with Crippen LogP contribution in [0.5, 0.6) is 0 Å². The number of fused-ring (bicyclic) bond motifs is 4. The summed E-state index contributed by atoms with van der Waals surface area (Å²) in [5.74, 6) is 0.410.